The highest BCUT2D eigenvalue weighted by Gasteiger charge is 2.35. The van der Waals surface area contributed by atoms with E-state index in [0.29, 0.717) is 28.0 Å². The second-order valence-corrected chi connectivity index (χ2v) is 12.1. The lowest BCUT2D eigenvalue weighted by Crippen LogP contribution is -2.25. The van der Waals surface area contributed by atoms with E-state index >= 15 is 0 Å². The van der Waals surface area contributed by atoms with Gasteiger partial charge in [0.2, 0.25) is 0 Å². The Kier molecular flexibility index (Phi) is 8.82. The molecule has 0 fully saturated rings. The first-order valence-corrected chi connectivity index (χ1v) is 16.4. The predicted octanol–water partition coefficient (Wildman–Crippen LogP) is 11.1. The highest BCUT2D eigenvalue weighted by molar-refractivity contribution is 6.27. The number of aromatic hydroxyl groups is 1. The largest absolute Gasteiger partial charge is 0.507 e. The van der Waals surface area contributed by atoms with Gasteiger partial charge in [0.05, 0.1) is 0 Å². The third kappa shape index (κ3) is 6.10. The number of phenolic OH excluding ortho intramolecular Hbond substituents is 1. The summed E-state index contributed by atoms with van der Waals surface area (Å²) < 4.78 is 0. The minimum Gasteiger partial charge on any atom is -0.507 e. The molecule has 0 unspecified atom stereocenters. The molecule has 3 heteroatoms. The number of ketones is 2. The summed E-state index contributed by atoms with van der Waals surface area (Å²) >= 11 is 0. The second kappa shape index (κ2) is 13.8. The number of benzene rings is 7. The molecule has 49 heavy (non-hydrogen) atoms. The maximum absolute atomic E-state index is 13.4. The van der Waals surface area contributed by atoms with E-state index in [2.05, 4.69) is 18.2 Å². The Hall–Kier alpha value is -6.32. The van der Waals surface area contributed by atoms with Crippen molar-refractivity contribution in [1.29, 1.82) is 0 Å². The van der Waals surface area contributed by atoms with Crippen LogP contribution in [0.4, 0.5) is 0 Å². The van der Waals surface area contributed by atoms with Crippen molar-refractivity contribution < 1.29 is 14.7 Å². The molecule has 0 saturated carbocycles. The van der Waals surface area contributed by atoms with Crippen molar-refractivity contribution in [2.45, 2.75) is 12.8 Å². The van der Waals surface area contributed by atoms with Crippen molar-refractivity contribution in [3.8, 4) is 28.0 Å². The molecule has 7 aromatic carbocycles. The summed E-state index contributed by atoms with van der Waals surface area (Å²) in [6.07, 6.45) is 0. The van der Waals surface area contributed by atoms with E-state index in [0.717, 1.165) is 44.2 Å². The van der Waals surface area contributed by atoms with Gasteiger partial charge in [-0.2, -0.15) is 0 Å². The average molecular weight is 635 g/mol. The van der Waals surface area contributed by atoms with Gasteiger partial charge in [-0.05, 0) is 46.2 Å². The van der Waals surface area contributed by atoms with E-state index in [1.165, 1.54) is 0 Å². The molecule has 1 aliphatic carbocycles. The molecular weight excluding hydrogens is 601 g/mol. The molecule has 0 amide bonds. The van der Waals surface area contributed by atoms with E-state index < -0.39 is 0 Å². The molecule has 1 N–H and O–H groups in total. The topological polar surface area (TPSA) is 54.4 Å². The third-order valence-electron chi connectivity index (χ3n) is 9.13. The van der Waals surface area contributed by atoms with E-state index in [1.54, 1.807) is 25.1 Å². The molecule has 0 atom stereocenters. The van der Waals surface area contributed by atoms with Gasteiger partial charge in [0.25, 0.3) is 0 Å². The van der Waals surface area contributed by atoms with E-state index in [9.17, 15) is 14.7 Å². The fraction of sp³-hybridized carbons (Fsp3) is 0.0435. The van der Waals surface area contributed by atoms with E-state index in [1.807, 2.05) is 140 Å². The smallest absolute Gasteiger partial charge is 0.191 e. The SMILES string of the molecule is CC1=C(C(c2ccccc2)c2ccccc2)C(=O)c2ccccc2C1=O.Oc1c(-c2ccccc2)c(-c2ccccc2)cc2ccccc12. The summed E-state index contributed by atoms with van der Waals surface area (Å²) in [6, 6.07) is 57.3. The number of hydrogen-bond donors (Lipinski definition) is 1. The fourth-order valence-electron chi connectivity index (χ4n) is 6.75. The van der Waals surface area contributed by atoms with Gasteiger partial charge in [-0.15, -0.1) is 0 Å². The van der Waals surface area contributed by atoms with E-state index in [-0.39, 0.29) is 17.5 Å². The average Bonchev–Trinajstić information content (AvgIpc) is 3.17. The van der Waals surface area contributed by atoms with Crippen LogP contribution in [0.1, 0.15) is 44.7 Å². The zero-order valence-electron chi connectivity index (χ0n) is 27.1. The lowest BCUT2D eigenvalue weighted by molar-refractivity contribution is 0.0971. The Labute approximate surface area is 286 Å². The van der Waals surface area contributed by atoms with Gasteiger partial charge in [-0.25, -0.2) is 0 Å². The third-order valence-corrected chi connectivity index (χ3v) is 9.13. The Morgan fingerprint density at radius 3 is 1.49 bits per heavy atom. The van der Waals surface area contributed by atoms with Crippen molar-refractivity contribution >= 4 is 22.3 Å². The minimum atomic E-state index is -0.262. The Bertz CT molecular complexity index is 2270. The number of Topliss-reactive ketones (excluding diaryl/α,β-unsaturated/α-hetero) is 2. The van der Waals surface area contributed by atoms with Crippen LogP contribution in [0.3, 0.4) is 0 Å². The van der Waals surface area contributed by atoms with Gasteiger partial charge >= 0.3 is 0 Å². The van der Waals surface area contributed by atoms with Gasteiger partial charge < -0.3 is 5.11 Å². The van der Waals surface area contributed by atoms with Crippen molar-refractivity contribution in [2.75, 3.05) is 0 Å². The normalized spacial score (nSPS) is 12.4. The van der Waals surface area contributed by atoms with Gasteiger partial charge in [0, 0.05) is 39.1 Å². The van der Waals surface area contributed by atoms with Crippen molar-refractivity contribution in [3.63, 3.8) is 0 Å². The van der Waals surface area contributed by atoms with Crippen molar-refractivity contribution in [1.82, 2.24) is 0 Å². The number of carbonyl (C=O) groups is 2. The second-order valence-electron chi connectivity index (χ2n) is 12.1. The molecule has 0 spiro atoms. The zero-order chi connectivity index (χ0) is 33.7. The van der Waals surface area contributed by atoms with Crippen LogP contribution in [-0.2, 0) is 0 Å². The van der Waals surface area contributed by atoms with Crippen molar-refractivity contribution in [3.05, 3.63) is 209 Å². The molecule has 3 nitrogen and oxygen atoms in total. The van der Waals surface area contributed by atoms with Crippen molar-refractivity contribution in [2.24, 2.45) is 0 Å². The standard InChI is InChI=1S/C24H18O2.C22H16O/c1-16-21(24(26)20-15-9-8-14-19(20)23(16)25)22(17-10-4-2-5-11-17)18-12-6-3-7-13-18;23-22-19-14-8-7-13-18(19)15-20(16-9-3-1-4-10-16)21(22)17-11-5-2-6-12-17/h2-15,22H,1H3;1-15,23H. The van der Waals surface area contributed by atoms with E-state index in [4.69, 9.17) is 0 Å². The molecule has 0 radical (unpaired) electrons. The molecule has 1 aliphatic rings. The maximum atomic E-state index is 13.4. The predicted molar refractivity (Wildman–Crippen MR) is 199 cm³/mol. The van der Waals surface area contributed by atoms with Crippen LogP contribution in [-0.4, -0.2) is 16.7 Å². The monoisotopic (exact) mass is 634 g/mol. The molecule has 7 aromatic rings. The molecule has 0 aliphatic heterocycles. The van der Waals surface area contributed by atoms with Gasteiger partial charge in [-0.3, -0.25) is 9.59 Å². The highest BCUT2D eigenvalue weighted by Crippen LogP contribution is 2.43. The van der Waals surface area contributed by atoms with Crippen LogP contribution < -0.4 is 0 Å². The molecule has 8 rings (SSSR count). The summed E-state index contributed by atoms with van der Waals surface area (Å²) in [5.74, 6) is -0.0437. The molecule has 0 bridgehead atoms. The molecule has 0 aromatic heterocycles. The van der Waals surface area contributed by atoms with Crippen LogP contribution in [0.5, 0.6) is 5.75 Å². The summed E-state index contributed by atoms with van der Waals surface area (Å²) in [5, 5.41) is 12.9. The Morgan fingerprint density at radius 1 is 0.469 bits per heavy atom. The van der Waals surface area contributed by atoms with Gasteiger partial charge in [0.15, 0.2) is 11.6 Å². The van der Waals surface area contributed by atoms with Crippen LogP contribution in [0.15, 0.2) is 187 Å². The summed E-state index contributed by atoms with van der Waals surface area (Å²) in [5.41, 5.74) is 8.18. The molecular formula is C46H34O3. The Balaban J connectivity index is 0.000000155. The van der Waals surface area contributed by atoms with Crippen LogP contribution in [0.2, 0.25) is 0 Å². The molecule has 0 saturated heterocycles. The molecule has 236 valence electrons. The first-order chi connectivity index (χ1) is 24.0. The first-order valence-electron chi connectivity index (χ1n) is 16.4. The fourth-order valence-corrected chi connectivity index (χ4v) is 6.75. The lowest BCUT2D eigenvalue weighted by Gasteiger charge is -2.26. The molecule has 0 heterocycles. The maximum Gasteiger partial charge on any atom is 0.191 e. The highest BCUT2D eigenvalue weighted by atomic mass is 16.3. The first kappa shape index (κ1) is 31.3. The number of rotatable bonds is 5. The quantitative estimate of drug-likeness (QED) is 0.205. The lowest BCUT2D eigenvalue weighted by atomic mass is 9.74. The van der Waals surface area contributed by atoms with Crippen LogP contribution in [0, 0.1) is 0 Å². The number of fused-ring (bicyclic) bond motifs is 2. The van der Waals surface area contributed by atoms with Crippen LogP contribution >= 0.6 is 0 Å². The van der Waals surface area contributed by atoms with Gasteiger partial charge in [0.1, 0.15) is 5.75 Å². The number of phenols is 1. The number of carbonyl (C=O) groups excluding carboxylic acids is 2. The van der Waals surface area contributed by atoms with Crippen LogP contribution in [0.25, 0.3) is 33.0 Å². The van der Waals surface area contributed by atoms with Gasteiger partial charge in [-0.1, -0.05) is 170 Å². The minimum absolute atomic E-state index is 0.0598. The number of allylic oxidation sites excluding steroid dienone is 2. The summed E-state index contributed by atoms with van der Waals surface area (Å²) in [6.45, 7) is 1.77. The Morgan fingerprint density at radius 2 is 0.918 bits per heavy atom. The number of hydrogen-bond acceptors (Lipinski definition) is 3. The summed E-state index contributed by atoms with van der Waals surface area (Å²) in [7, 11) is 0. The zero-order valence-corrected chi connectivity index (χ0v) is 27.1. The summed E-state index contributed by atoms with van der Waals surface area (Å²) in [4.78, 5) is 26.3.